The standard InChI is InChI=1S/C20H32N2/c1-15-11-13-17(14-12-15)22-19-10-6-5-9-18(20(19)21)16-7-3-2-4-8-16/h2-4,7-8,15,17-20,22H,5-6,9-14,21H2,1H3. The van der Waals surface area contributed by atoms with Gasteiger partial charge in [-0.05, 0) is 50.0 Å². The highest BCUT2D eigenvalue weighted by molar-refractivity contribution is 5.22. The molecular formula is C20H32N2. The zero-order valence-electron chi connectivity index (χ0n) is 14.0. The Labute approximate surface area is 135 Å². The lowest BCUT2D eigenvalue weighted by Gasteiger charge is -2.35. The molecule has 0 aliphatic heterocycles. The number of hydrogen-bond acceptors (Lipinski definition) is 2. The summed E-state index contributed by atoms with van der Waals surface area (Å²) < 4.78 is 0. The van der Waals surface area contributed by atoms with Gasteiger partial charge in [-0.25, -0.2) is 0 Å². The minimum absolute atomic E-state index is 0.254. The summed E-state index contributed by atoms with van der Waals surface area (Å²) in [6.45, 7) is 2.39. The van der Waals surface area contributed by atoms with Gasteiger partial charge in [0.05, 0.1) is 0 Å². The van der Waals surface area contributed by atoms with E-state index in [1.807, 2.05) is 0 Å². The van der Waals surface area contributed by atoms with E-state index in [-0.39, 0.29) is 6.04 Å². The van der Waals surface area contributed by atoms with E-state index in [0.29, 0.717) is 18.0 Å². The van der Waals surface area contributed by atoms with Gasteiger partial charge in [-0.15, -0.1) is 0 Å². The van der Waals surface area contributed by atoms with Crippen molar-refractivity contribution >= 4 is 0 Å². The fourth-order valence-corrected chi connectivity index (χ4v) is 4.41. The largest absolute Gasteiger partial charge is 0.326 e. The highest BCUT2D eigenvalue weighted by Gasteiger charge is 2.31. The predicted octanol–water partition coefficient (Wildman–Crippen LogP) is 4.21. The van der Waals surface area contributed by atoms with Crippen molar-refractivity contribution in [2.75, 3.05) is 0 Å². The molecule has 2 fully saturated rings. The first kappa shape index (κ1) is 16.0. The van der Waals surface area contributed by atoms with E-state index < -0.39 is 0 Å². The quantitative estimate of drug-likeness (QED) is 0.821. The molecule has 1 aromatic carbocycles. The van der Waals surface area contributed by atoms with Crippen LogP contribution in [0.4, 0.5) is 0 Å². The Morgan fingerprint density at radius 3 is 2.32 bits per heavy atom. The van der Waals surface area contributed by atoms with Gasteiger partial charge in [-0.1, -0.05) is 50.1 Å². The molecule has 3 rings (SSSR count). The van der Waals surface area contributed by atoms with Crippen molar-refractivity contribution in [2.45, 2.75) is 82.3 Å². The molecular weight excluding hydrogens is 268 g/mol. The van der Waals surface area contributed by atoms with E-state index in [9.17, 15) is 0 Å². The summed E-state index contributed by atoms with van der Waals surface area (Å²) in [7, 11) is 0. The third-order valence-corrected chi connectivity index (χ3v) is 5.90. The van der Waals surface area contributed by atoms with Crippen molar-refractivity contribution in [3.8, 4) is 0 Å². The smallest absolute Gasteiger partial charge is 0.0264 e. The van der Waals surface area contributed by atoms with E-state index in [4.69, 9.17) is 5.73 Å². The van der Waals surface area contributed by atoms with Gasteiger partial charge in [0.15, 0.2) is 0 Å². The van der Waals surface area contributed by atoms with E-state index >= 15 is 0 Å². The van der Waals surface area contributed by atoms with Gasteiger partial charge in [-0.3, -0.25) is 0 Å². The molecule has 0 heterocycles. The van der Waals surface area contributed by atoms with Crippen molar-refractivity contribution in [2.24, 2.45) is 11.7 Å². The summed E-state index contributed by atoms with van der Waals surface area (Å²) in [5.74, 6) is 1.43. The Hall–Kier alpha value is -0.860. The molecule has 0 bridgehead atoms. The van der Waals surface area contributed by atoms with Crippen LogP contribution in [0.2, 0.25) is 0 Å². The zero-order chi connectivity index (χ0) is 15.4. The number of nitrogens with two attached hydrogens (primary N) is 1. The Balaban J connectivity index is 1.65. The van der Waals surface area contributed by atoms with Crippen molar-refractivity contribution in [1.82, 2.24) is 5.32 Å². The molecule has 3 atom stereocenters. The zero-order valence-corrected chi connectivity index (χ0v) is 14.0. The maximum Gasteiger partial charge on any atom is 0.0264 e. The van der Waals surface area contributed by atoms with Crippen LogP contribution < -0.4 is 11.1 Å². The van der Waals surface area contributed by atoms with Crippen LogP contribution in [0, 0.1) is 5.92 Å². The Morgan fingerprint density at radius 2 is 1.59 bits per heavy atom. The molecule has 22 heavy (non-hydrogen) atoms. The Kier molecular flexibility index (Phi) is 5.54. The third-order valence-electron chi connectivity index (χ3n) is 5.90. The highest BCUT2D eigenvalue weighted by Crippen LogP contribution is 2.32. The lowest BCUT2D eigenvalue weighted by atomic mass is 9.84. The number of benzene rings is 1. The molecule has 2 saturated carbocycles. The summed E-state index contributed by atoms with van der Waals surface area (Å²) >= 11 is 0. The number of nitrogens with one attached hydrogen (secondary N) is 1. The van der Waals surface area contributed by atoms with Gasteiger partial charge in [0.2, 0.25) is 0 Å². The summed E-state index contributed by atoms with van der Waals surface area (Å²) in [6.07, 6.45) is 10.5. The second-order valence-corrected chi connectivity index (χ2v) is 7.61. The highest BCUT2D eigenvalue weighted by atomic mass is 15.0. The van der Waals surface area contributed by atoms with Gasteiger partial charge >= 0.3 is 0 Å². The molecule has 0 aromatic heterocycles. The predicted molar refractivity (Wildman–Crippen MR) is 94.0 cm³/mol. The lowest BCUT2D eigenvalue weighted by Crippen LogP contribution is -2.51. The molecule has 0 spiro atoms. The maximum atomic E-state index is 6.74. The fourth-order valence-electron chi connectivity index (χ4n) is 4.41. The monoisotopic (exact) mass is 300 g/mol. The van der Waals surface area contributed by atoms with Crippen LogP contribution in [0.15, 0.2) is 30.3 Å². The van der Waals surface area contributed by atoms with Crippen LogP contribution in [0.25, 0.3) is 0 Å². The summed E-state index contributed by atoms with van der Waals surface area (Å²) in [5, 5.41) is 3.94. The van der Waals surface area contributed by atoms with E-state index in [0.717, 1.165) is 5.92 Å². The number of hydrogen-bond donors (Lipinski definition) is 2. The molecule has 0 amide bonds. The van der Waals surface area contributed by atoms with Gasteiger partial charge in [0.25, 0.3) is 0 Å². The van der Waals surface area contributed by atoms with E-state index in [1.165, 1.54) is 56.9 Å². The third kappa shape index (κ3) is 3.91. The maximum absolute atomic E-state index is 6.74. The summed E-state index contributed by atoms with van der Waals surface area (Å²) in [6, 6.07) is 12.4. The molecule has 1 aromatic rings. The van der Waals surface area contributed by atoms with Crippen LogP contribution in [0.5, 0.6) is 0 Å². The Morgan fingerprint density at radius 1 is 0.909 bits per heavy atom. The van der Waals surface area contributed by atoms with Gasteiger partial charge in [-0.2, -0.15) is 0 Å². The lowest BCUT2D eigenvalue weighted by molar-refractivity contribution is 0.261. The molecule has 2 nitrogen and oxygen atoms in total. The van der Waals surface area contributed by atoms with Gasteiger partial charge in [0, 0.05) is 24.0 Å². The van der Waals surface area contributed by atoms with Crippen molar-refractivity contribution < 1.29 is 0 Å². The summed E-state index contributed by atoms with van der Waals surface area (Å²) in [5.41, 5.74) is 8.17. The molecule has 2 heteroatoms. The van der Waals surface area contributed by atoms with Crippen LogP contribution in [-0.4, -0.2) is 18.1 Å². The van der Waals surface area contributed by atoms with Crippen LogP contribution >= 0.6 is 0 Å². The molecule has 0 saturated heterocycles. The minimum atomic E-state index is 0.254. The first-order chi connectivity index (χ1) is 10.7. The van der Waals surface area contributed by atoms with E-state index in [1.54, 1.807) is 0 Å². The second-order valence-electron chi connectivity index (χ2n) is 7.61. The molecule has 122 valence electrons. The molecule has 2 aliphatic rings. The Bertz CT molecular complexity index is 436. The fraction of sp³-hybridized carbons (Fsp3) is 0.700. The SMILES string of the molecule is CC1CCC(NC2CCCCC(c3ccccc3)C2N)CC1. The van der Waals surface area contributed by atoms with Crippen molar-refractivity contribution in [1.29, 1.82) is 0 Å². The number of rotatable bonds is 3. The molecule has 3 N–H and O–H groups in total. The minimum Gasteiger partial charge on any atom is -0.326 e. The topological polar surface area (TPSA) is 38.0 Å². The van der Waals surface area contributed by atoms with E-state index in [2.05, 4.69) is 42.6 Å². The average Bonchev–Trinajstić information content (AvgIpc) is 2.73. The van der Waals surface area contributed by atoms with Crippen molar-refractivity contribution in [3.05, 3.63) is 35.9 Å². The van der Waals surface area contributed by atoms with Gasteiger partial charge in [0.1, 0.15) is 0 Å². The second kappa shape index (κ2) is 7.61. The average molecular weight is 300 g/mol. The molecule has 2 aliphatic carbocycles. The molecule has 0 radical (unpaired) electrons. The van der Waals surface area contributed by atoms with Gasteiger partial charge < -0.3 is 11.1 Å². The first-order valence-electron chi connectivity index (χ1n) is 9.30. The summed E-state index contributed by atoms with van der Waals surface area (Å²) in [4.78, 5) is 0. The molecule has 3 unspecified atom stereocenters. The van der Waals surface area contributed by atoms with Crippen LogP contribution in [-0.2, 0) is 0 Å². The first-order valence-corrected chi connectivity index (χ1v) is 9.30. The van der Waals surface area contributed by atoms with Crippen LogP contribution in [0.3, 0.4) is 0 Å². The normalized spacial score (nSPS) is 36.7. The van der Waals surface area contributed by atoms with Crippen molar-refractivity contribution in [3.63, 3.8) is 0 Å². The van der Waals surface area contributed by atoms with Crippen LogP contribution in [0.1, 0.15) is 69.8 Å².